The summed E-state index contributed by atoms with van der Waals surface area (Å²) in [6.07, 6.45) is 0.273. The first-order chi connectivity index (χ1) is 18.4. The minimum absolute atomic E-state index is 0.00637. The number of halogens is 1. The molecule has 9 heteroatoms. The van der Waals surface area contributed by atoms with Gasteiger partial charge in [-0.15, -0.1) is 0 Å². The third-order valence-corrected chi connectivity index (χ3v) is 7.11. The molecule has 0 N–H and O–H groups in total. The van der Waals surface area contributed by atoms with Crippen molar-refractivity contribution < 1.29 is 18.7 Å². The second-order valence-electron chi connectivity index (χ2n) is 9.53. The Balaban J connectivity index is 1.67. The van der Waals surface area contributed by atoms with Crippen LogP contribution in [0.1, 0.15) is 23.7 Å². The first-order valence-electron chi connectivity index (χ1n) is 13.1. The lowest BCUT2D eigenvalue weighted by atomic mass is 10.1. The molecule has 0 bridgehead atoms. The van der Waals surface area contributed by atoms with Crippen LogP contribution >= 0.6 is 0 Å². The number of aromatic nitrogens is 2. The maximum absolute atomic E-state index is 14.2. The molecule has 0 atom stereocenters. The van der Waals surface area contributed by atoms with Gasteiger partial charge in [0.2, 0.25) is 5.91 Å². The molecule has 1 aromatic heterocycles. The number of carbonyl (C=O) groups excluding carboxylic acids is 1. The lowest BCUT2D eigenvalue weighted by Crippen LogP contribution is -2.47. The highest BCUT2D eigenvalue weighted by molar-refractivity contribution is 5.79. The van der Waals surface area contributed by atoms with E-state index in [-0.39, 0.29) is 18.1 Å². The summed E-state index contributed by atoms with van der Waals surface area (Å²) >= 11 is 0. The number of likely N-dealkylation sites (N-methyl/N-ethyl adjacent to an activating group) is 1. The SMILES string of the molecule is CCN1CCN(c2c(CN(CCOC)C(=O)Cc3ccc(OC)cc3)c(C)nn2-c2cccc(F)c2)CC1. The Morgan fingerprint density at radius 3 is 2.45 bits per heavy atom. The number of ether oxygens (including phenoxy) is 2. The summed E-state index contributed by atoms with van der Waals surface area (Å²) in [6.45, 7) is 9.95. The predicted molar refractivity (Wildman–Crippen MR) is 147 cm³/mol. The van der Waals surface area contributed by atoms with Crippen molar-refractivity contribution in [1.82, 2.24) is 19.6 Å². The summed E-state index contributed by atoms with van der Waals surface area (Å²) in [5, 5.41) is 4.84. The minimum atomic E-state index is -0.310. The predicted octanol–water partition coefficient (Wildman–Crippen LogP) is 3.69. The molecular weight excluding hydrogens is 485 g/mol. The number of anilines is 1. The molecule has 0 aliphatic carbocycles. The maximum Gasteiger partial charge on any atom is 0.227 e. The number of nitrogens with zero attached hydrogens (tertiary/aromatic N) is 5. The van der Waals surface area contributed by atoms with E-state index in [1.807, 2.05) is 46.8 Å². The fourth-order valence-electron chi connectivity index (χ4n) is 4.84. The molecule has 1 fully saturated rings. The Labute approximate surface area is 224 Å². The van der Waals surface area contributed by atoms with Gasteiger partial charge in [0.15, 0.2) is 0 Å². The fraction of sp³-hybridized carbons (Fsp3) is 0.448. The van der Waals surface area contributed by atoms with Gasteiger partial charge in [-0.25, -0.2) is 9.07 Å². The minimum Gasteiger partial charge on any atom is -0.497 e. The quantitative estimate of drug-likeness (QED) is 0.382. The molecule has 0 saturated carbocycles. The van der Waals surface area contributed by atoms with Crippen LogP contribution in [0.3, 0.4) is 0 Å². The number of benzene rings is 2. The molecule has 1 aliphatic rings. The number of hydrogen-bond donors (Lipinski definition) is 0. The van der Waals surface area contributed by atoms with Gasteiger partial charge < -0.3 is 24.2 Å². The lowest BCUT2D eigenvalue weighted by molar-refractivity contribution is -0.131. The van der Waals surface area contributed by atoms with Crippen LogP contribution in [0.4, 0.5) is 10.2 Å². The van der Waals surface area contributed by atoms with Crippen molar-refractivity contribution in [2.45, 2.75) is 26.8 Å². The average Bonchev–Trinajstić information content (AvgIpc) is 3.27. The largest absolute Gasteiger partial charge is 0.497 e. The number of rotatable bonds is 11. The molecule has 1 saturated heterocycles. The summed E-state index contributed by atoms with van der Waals surface area (Å²) in [6, 6.07) is 14.1. The number of aryl methyl sites for hydroxylation is 1. The molecule has 2 heterocycles. The van der Waals surface area contributed by atoms with Crippen LogP contribution < -0.4 is 9.64 Å². The van der Waals surface area contributed by atoms with Crippen LogP contribution in [-0.4, -0.2) is 85.6 Å². The number of piperazine rings is 1. The van der Waals surface area contributed by atoms with Crippen LogP contribution in [0.15, 0.2) is 48.5 Å². The summed E-state index contributed by atoms with van der Waals surface area (Å²) in [7, 11) is 3.26. The summed E-state index contributed by atoms with van der Waals surface area (Å²) in [4.78, 5) is 20.1. The van der Waals surface area contributed by atoms with Gasteiger partial charge in [0, 0.05) is 45.4 Å². The zero-order valence-corrected chi connectivity index (χ0v) is 22.8. The molecule has 3 aromatic rings. The molecule has 4 rings (SSSR count). The molecule has 2 aromatic carbocycles. The van der Waals surface area contributed by atoms with Gasteiger partial charge in [0.1, 0.15) is 17.4 Å². The highest BCUT2D eigenvalue weighted by Crippen LogP contribution is 2.30. The van der Waals surface area contributed by atoms with Crippen LogP contribution in [0, 0.1) is 12.7 Å². The summed E-state index contributed by atoms with van der Waals surface area (Å²) in [5.74, 6) is 1.37. The Hall–Kier alpha value is -3.43. The maximum atomic E-state index is 14.2. The van der Waals surface area contributed by atoms with Gasteiger partial charge in [-0.1, -0.05) is 25.1 Å². The first kappa shape index (κ1) is 27.6. The number of hydrogen-bond acceptors (Lipinski definition) is 6. The topological polar surface area (TPSA) is 63.1 Å². The Morgan fingerprint density at radius 1 is 1.08 bits per heavy atom. The second-order valence-corrected chi connectivity index (χ2v) is 9.53. The molecule has 0 unspecified atom stereocenters. The zero-order valence-electron chi connectivity index (χ0n) is 22.8. The van der Waals surface area contributed by atoms with E-state index in [2.05, 4.69) is 16.7 Å². The average molecular weight is 524 g/mol. The summed E-state index contributed by atoms with van der Waals surface area (Å²) < 4.78 is 26.6. The van der Waals surface area contributed by atoms with Crippen molar-refractivity contribution in [3.05, 3.63) is 71.2 Å². The van der Waals surface area contributed by atoms with Crippen molar-refractivity contribution in [2.24, 2.45) is 0 Å². The molecule has 38 heavy (non-hydrogen) atoms. The first-order valence-corrected chi connectivity index (χ1v) is 13.1. The second kappa shape index (κ2) is 12.9. The van der Waals surface area contributed by atoms with E-state index in [1.165, 1.54) is 12.1 Å². The highest BCUT2D eigenvalue weighted by Gasteiger charge is 2.27. The van der Waals surface area contributed by atoms with Gasteiger partial charge in [0.05, 0.1) is 38.1 Å². The molecule has 0 radical (unpaired) electrons. The Morgan fingerprint density at radius 2 is 1.82 bits per heavy atom. The zero-order chi connectivity index (χ0) is 27.1. The van der Waals surface area contributed by atoms with Gasteiger partial charge in [-0.2, -0.15) is 5.10 Å². The van der Waals surface area contributed by atoms with Gasteiger partial charge in [-0.3, -0.25) is 4.79 Å². The third kappa shape index (κ3) is 6.52. The highest BCUT2D eigenvalue weighted by atomic mass is 19.1. The van der Waals surface area contributed by atoms with Crippen LogP contribution in [0.2, 0.25) is 0 Å². The van der Waals surface area contributed by atoms with E-state index in [0.717, 1.165) is 61.1 Å². The van der Waals surface area contributed by atoms with Gasteiger partial charge >= 0.3 is 0 Å². The van der Waals surface area contributed by atoms with Crippen molar-refractivity contribution in [3.63, 3.8) is 0 Å². The van der Waals surface area contributed by atoms with E-state index in [4.69, 9.17) is 14.6 Å². The monoisotopic (exact) mass is 523 g/mol. The third-order valence-electron chi connectivity index (χ3n) is 7.11. The molecule has 1 amide bonds. The standard InChI is InChI=1S/C29H38FN5O3/c1-5-32-13-15-33(16-14-32)29-27(22(2)31-35(29)25-8-6-7-24(30)20-25)21-34(17-18-37-3)28(36)19-23-9-11-26(38-4)12-10-23/h6-12,20H,5,13-19,21H2,1-4H3. The molecule has 0 spiro atoms. The smallest absolute Gasteiger partial charge is 0.227 e. The normalized spacial score (nSPS) is 14.1. The molecular formula is C29H38FN5O3. The van der Waals surface area contributed by atoms with E-state index in [1.54, 1.807) is 20.3 Å². The van der Waals surface area contributed by atoms with E-state index < -0.39 is 0 Å². The number of carbonyl (C=O) groups is 1. The van der Waals surface area contributed by atoms with Crippen molar-refractivity contribution >= 4 is 11.7 Å². The van der Waals surface area contributed by atoms with E-state index in [9.17, 15) is 9.18 Å². The van der Waals surface area contributed by atoms with Crippen LogP contribution in [0.5, 0.6) is 5.75 Å². The van der Waals surface area contributed by atoms with Gasteiger partial charge in [0.25, 0.3) is 0 Å². The van der Waals surface area contributed by atoms with Crippen LogP contribution in [-0.2, 0) is 22.5 Å². The number of amides is 1. The van der Waals surface area contributed by atoms with Crippen molar-refractivity contribution in [1.29, 1.82) is 0 Å². The van der Waals surface area contributed by atoms with E-state index >= 15 is 0 Å². The van der Waals surface area contributed by atoms with E-state index in [0.29, 0.717) is 25.4 Å². The number of methoxy groups -OCH3 is 2. The van der Waals surface area contributed by atoms with Gasteiger partial charge in [-0.05, 0) is 49.4 Å². The Bertz CT molecular complexity index is 1210. The van der Waals surface area contributed by atoms with Crippen LogP contribution in [0.25, 0.3) is 5.69 Å². The molecule has 204 valence electrons. The Kier molecular flexibility index (Phi) is 9.36. The fourth-order valence-corrected chi connectivity index (χ4v) is 4.84. The molecule has 8 nitrogen and oxygen atoms in total. The molecule has 1 aliphatic heterocycles. The lowest BCUT2D eigenvalue weighted by Gasteiger charge is -2.36. The van der Waals surface area contributed by atoms with Crippen molar-refractivity contribution in [3.8, 4) is 11.4 Å². The summed E-state index contributed by atoms with van der Waals surface area (Å²) in [5.41, 5.74) is 3.38. The van der Waals surface area contributed by atoms with Crippen molar-refractivity contribution in [2.75, 3.05) is 65.0 Å².